The van der Waals surface area contributed by atoms with Crippen molar-refractivity contribution in [1.82, 2.24) is 10.2 Å². The molecule has 0 aliphatic carbocycles. The Hall–Kier alpha value is -0.810. The van der Waals surface area contributed by atoms with Crippen molar-refractivity contribution in [2.24, 2.45) is 0 Å². The highest BCUT2D eigenvalue weighted by Crippen LogP contribution is 2.11. The summed E-state index contributed by atoms with van der Waals surface area (Å²) in [6, 6.07) is 3.46. The molecule has 0 spiro atoms. The molecular formula is C9H11ClN2O2S. The zero-order valence-electron chi connectivity index (χ0n) is 8.27. The minimum absolute atomic E-state index is 0.204. The summed E-state index contributed by atoms with van der Waals surface area (Å²) in [4.78, 5) is 11.0. The Labute approximate surface area is 97.4 Å². The zero-order valence-corrected chi connectivity index (χ0v) is 9.85. The Bertz CT molecular complexity index is 318. The standard InChI is InChI=1S/C9H11ClN2O2S/c1-2-14-9(13)6-15-5-7-3-4-8(10)12-11-7/h3-4H,2,5-6H2,1H3. The predicted octanol–water partition coefficient (Wildman–Crippen LogP) is 1.93. The number of thioether (sulfide) groups is 1. The molecule has 0 saturated carbocycles. The van der Waals surface area contributed by atoms with Gasteiger partial charge in [0.1, 0.15) is 0 Å². The van der Waals surface area contributed by atoms with Gasteiger partial charge in [0, 0.05) is 5.75 Å². The number of rotatable bonds is 5. The summed E-state index contributed by atoms with van der Waals surface area (Å²) in [5.74, 6) is 0.755. The Morgan fingerprint density at radius 1 is 1.53 bits per heavy atom. The predicted molar refractivity (Wildman–Crippen MR) is 59.8 cm³/mol. The molecule has 15 heavy (non-hydrogen) atoms. The number of halogens is 1. The van der Waals surface area contributed by atoms with Gasteiger partial charge in [0.25, 0.3) is 0 Å². The molecule has 0 amide bonds. The molecule has 0 bridgehead atoms. The number of hydrogen-bond acceptors (Lipinski definition) is 5. The van der Waals surface area contributed by atoms with Gasteiger partial charge in [-0.15, -0.1) is 16.9 Å². The lowest BCUT2D eigenvalue weighted by Gasteiger charge is -2.01. The third kappa shape index (κ3) is 4.99. The molecule has 4 nitrogen and oxygen atoms in total. The quantitative estimate of drug-likeness (QED) is 0.743. The topological polar surface area (TPSA) is 52.1 Å². The summed E-state index contributed by atoms with van der Waals surface area (Å²) in [5.41, 5.74) is 0.800. The molecule has 1 aromatic rings. The maximum Gasteiger partial charge on any atom is 0.315 e. The molecule has 0 N–H and O–H groups in total. The van der Waals surface area contributed by atoms with Gasteiger partial charge >= 0.3 is 5.97 Å². The molecule has 0 atom stereocenters. The van der Waals surface area contributed by atoms with Crippen LogP contribution < -0.4 is 0 Å². The first-order valence-corrected chi connectivity index (χ1v) is 5.97. The van der Waals surface area contributed by atoms with Gasteiger partial charge in [0.2, 0.25) is 0 Å². The van der Waals surface area contributed by atoms with E-state index in [0.29, 0.717) is 23.3 Å². The van der Waals surface area contributed by atoms with Crippen LogP contribution >= 0.6 is 23.4 Å². The smallest absolute Gasteiger partial charge is 0.315 e. The summed E-state index contributed by atoms with van der Waals surface area (Å²) in [6.45, 7) is 2.20. The normalized spacial score (nSPS) is 10.0. The molecule has 0 saturated heterocycles. The van der Waals surface area contributed by atoms with Crippen molar-refractivity contribution >= 4 is 29.3 Å². The fourth-order valence-corrected chi connectivity index (χ4v) is 1.68. The number of nitrogens with zero attached hydrogens (tertiary/aromatic N) is 2. The largest absolute Gasteiger partial charge is 0.465 e. The van der Waals surface area contributed by atoms with Crippen LogP contribution in [0.3, 0.4) is 0 Å². The molecule has 0 radical (unpaired) electrons. The molecule has 0 aliphatic heterocycles. The number of hydrogen-bond donors (Lipinski definition) is 0. The van der Waals surface area contributed by atoms with E-state index in [1.165, 1.54) is 11.8 Å². The molecule has 0 unspecified atom stereocenters. The molecule has 0 aliphatic rings. The van der Waals surface area contributed by atoms with E-state index < -0.39 is 0 Å². The Balaban J connectivity index is 2.26. The Morgan fingerprint density at radius 3 is 2.93 bits per heavy atom. The molecule has 1 heterocycles. The maximum absolute atomic E-state index is 11.0. The van der Waals surface area contributed by atoms with Crippen molar-refractivity contribution in [2.75, 3.05) is 12.4 Å². The van der Waals surface area contributed by atoms with Crippen LogP contribution in [0, 0.1) is 0 Å². The molecule has 1 aromatic heterocycles. The van der Waals surface area contributed by atoms with Crippen molar-refractivity contribution in [2.45, 2.75) is 12.7 Å². The van der Waals surface area contributed by atoms with Crippen LogP contribution in [-0.4, -0.2) is 28.5 Å². The van der Waals surface area contributed by atoms with E-state index in [0.717, 1.165) is 5.69 Å². The first-order chi connectivity index (χ1) is 7.22. The van der Waals surface area contributed by atoms with E-state index in [2.05, 4.69) is 10.2 Å². The van der Waals surface area contributed by atoms with E-state index in [1.54, 1.807) is 19.1 Å². The average Bonchev–Trinajstić information content (AvgIpc) is 2.21. The minimum atomic E-state index is -0.204. The number of carbonyl (C=O) groups excluding carboxylic acids is 1. The lowest BCUT2D eigenvalue weighted by atomic mass is 10.4. The number of carbonyl (C=O) groups is 1. The SMILES string of the molecule is CCOC(=O)CSCc1ccc(Cl)nn1. The molecule has 1 rings (SSSR count). The van der Waals surface area contributed by atoms with E-state index in [4.69, 9.17) is 16.3 Å². The van der Waals surface area contributed by atoms with Crippen LogP contribution in [0.1, 0.15) is 12.6 Å². The third-order valence-electron chi connectivity index (χ3n) is 1.46. The van der Waals surface area contributed by atoms with E-state index >= 15 is 0 Å². The summed E-state index contributed by atoms with van der Waals surface area (Å²) >= 11 is 7.02. The second kappa shape index (κ2) is 6.63. The van der Waals surface area contributed by atoms with Crippen molar-refractivity contribution in [3.05, 3.63) is 23.0 Å². The van der Waals surface area contributed by atoms with Crippen molar-refractivity contribution in [1.29, 1.82) is 0 Å². The van der Waals surface area contributed by atoms with Crippen LogP contribution in [0.15, 0.2) is 12.1 Å². The van der Waals surface area contributed by atoms with Gasteiger partial charge in [-0.25, -0.2) is 0 Å². The van der Waals surface area contributed by atoms with Gasteiger partial charge in [0.15, 0.2) is 5.15 Å². The van der Waals surface area contributed by atoms with Crippen molar-refractivity contribution < 1.29 is 9.53 Å². The van der Waals surface area contributed by atoms with Crippen LogP contribution in [0.25, 0.3) is 0 Å². The van der Waals surface area contributed by atoms with Crippen LogP contribution in [0.5, 0.6) is 0 Å². The highest BCUT2D eigenvalue weighted by molar-refractivity contribution is 7.99. The fourth-order valence-electron chi connectivity index (χ4n) is 0.862. The van der Waals surface area contributed by atoms with E-state index in [9.17, 15) is 4.79 Å². The van der Waals surface area contributed by atoms with Gasteiger partial charge in [-0.3, -0.25) is 4.79 Å². The highest BCUT2D eigenvalue weighted by atomic mass is 35.5. The zero-order chi connectivity index (χ0) is 11.1. The van der Waals surface area contributed by atoms with Gasteiger partial charge in [-0.2, -0.15) is 5.10 Å². The van der Waals surface area contributed by atoms with Gasteiger partial charge in [0.05, 0.1) is 18.1 Å². The Morgan fingerprint density at radius 2 is 2.33 bits per heavy atom. The lowest BCUT2D eigenvalue weighted by molar-refractivity contribution is -0.139. The second-order valence-corrected chi connectivity index (χ2v) is 4.02. The van der Waals surface area contributed by atoms with E-state index in [1.807, 2.05) is 0 Å². The minimum Gasteiger partial charge on any atom is -0.465 e. The van der Waals surface area contributed by atoms with Crippen LogP contribution in [0.4, 0.5) is 0 Å². The van der Waals surface area contributed by atoms with Gasteiger partial charge < -0.3 is 4.74 Å². The van der Waals surface area contributed by atoms with Crippen LogP contribution in [-0.2, 0) is 15.3 Å². The van der Waals surface area contributed by atoms with E-state index in [-0.39, 0.29) is 5.97 Å². The second-order valence-electron chi connectivity index (χ2n) is 2.65. The Kier molecular flexibility index (Phi) is 5.42. The summed E-state index contributed by atoms with van der Waals surface area (Å²) < 4.78 is 4.78. The lowest BCUT2D eigenvalue weighted by Crippen LogP contribution is -2.06. The summed E-state index contributed by atoms with van der Waals surface area (Å²) in [7, 11) is 0. The van der Waals surface area contributed by atoms with Gasteiger partial charge in [-0.05, 0) is 19.1 Å². The third-order valence-corrected chi connectivity index (χ3v) is 2.60. The molecular weight excluding hydrogens is 236 g/mol. The summed E-state index contributed by atoms with van der Waals surface area (Å²) in [6.07, 6.45) is 0. The fraction of sp³-hybridized carbons (Fsp3) is 0.444. The molecule has 0 fully saturated rings. The highest BCUT2D eigenvalue weighted by Gasteiger charge is 2.02. The number of esters is 1. The molecule has 0 aromatic carbocycles. The number of aromatic nitrogens is 2. The first kappa shape index (κ1) is 12.3. The monoisotopic (exact) mass is 246 g/mol. The molecule has 6 heteroatoms. The average molecular weight is 247 g/mol. The van der Waals surface area contributed by atoms with Crippen molar-refractivity contribution in [3.63, 3.8) is 0 Å². The van der Waals surface area contributed by atoms with Crippen LogP contribution in [0.2, 0.25) is 5.15 Å². The van der Waals surface area contributed by atoms with Gasteiger partial charge in [-0.1, -0.05) is 11.6 Å². The molecule has 82 valence electrons. The number of ether oxygens (including phenoxy) is 1. The van der Waals surface area contributed by atoms with Crippen molar-refractivity contribution in [3.8, 4) is 0 Å². The summed E-state index contributed by atoms with van der Waals surface area (Å²) in [5, 5.41) is 7.93. The maximum atomic E-state index is 11.0. The first-order valence-electron chi connectivity index (χ1n) is 4.44.